The Morgan fingerprint density at radius 3 is 2.56 bits per heavy atom. The van der Waals surface area contributed by atoms with Gasteiger partial charge in [0.25, 0.3) is 0 Å². The first-order valence-electron chi connectivity index (χ1n) is 3.93. The molecule has 0 fully saturated rings. The van der Waals surface area contributed by atoms with E-state index in [9.17, 15) is 18.0 Å². The molecular formula is C10H4ClF3O2. The van der Waals surface area contributed by atoms with Gasteiger partial charge in [0.15, 0.2) is 6.29 Å². The Kier molecular flexibility index (Phi) is 3.80. The summed E-state index contributed by atoms with van der Waals surface area (Å²) in [4.78, 5) is 9.95. The summed E-state index contributed by atoms with van der Waals surface area (Å²) in [6.07, 6.45) is -4.41. The van der Waals surface area contributed by atoms with E-state index in [0.717, 1.165) is 12.1 Å². The van der Waals surface area contributed by atoms with Gasteiger partial charge < -0.3 is 4.74 Å². The minimum Gasteiger partial charge on any atom is -0.406 e. The Labute approximate surface area is 94.0 Å². The molecule has 0 heterocycles. The molecule has 0 saturated carbocycles. The third kappa shape index (κ3) is 3.83. The molecule has 1 aromatic carbocycles. The summed E-state index contributed by atoms with van der Waals surface area (Å²) >= 11 is 5.63. The van der Waals surface area contributed by atoms with E-state index in [1.54, 1.807) is 0 Å². The van der Waals surface area contributed by atoms with Crippen molar-refractivity contribution in [1.29, 1.82) is 0 Å². The molecule has 2 nitrogen and oxygen atoms in total. The summed E-state index contributed by atoms with van der Waals surface area (Å²) in [6.45, 7) is 0. The standard InChI is InChI=1S/C10H4ClF3O2/c11-9-6-8(16-10(12,13)14)4-3-7(9)2-1-5-15/h3-6H. The minimum absolute atomic E-state index is 0.0175. The fourth-order valence-corrected chi connectivity index (χ4v) is 1.12. The highest BCUT2D eigenvalue weighted by Gasteiger charge is 2.31. The van der Waals surface area contributed by atoms with Crippen molar-refractivity contribution in [3.63, 3.8) is 0 Å². The van der Waals surface area contributed by atoms with Gasteiger partial charge in [-0.15, -0.1) is 13.2 Å². The molecule has 0 bridgehead atoms. The van der Waals surface area contributed by atoms with E-state index in [0.29, 0.717) is 6.29 Å². The fraction of sp³-hybridized carbons (Fsp3) is 0.100. The first-order chi connectivity index (χ1) is 7.42. The van der Waals surface area contributed by atoms with E-state index in [2.05, 4.69) is 16.6 Å². The van der Waals surface area contributed by atoms with Crippen molar-refractivity contribution in [1.82, 2.24) is 0 Å². The second-order valence-electron chi connectivity index (χ2n) is 2.58. The quantitative estimate of drug-likeness (QED) is 0.564. The van der Waals surface area contributed by atoms with E-state index >= 15 is 0 Å². The number of aldehydes is 1. The van der Waals surface area contributed by atoms with Gasteiger partial charge in [0, 0.05) is 11.6 Å². The first kappa shape index (κ1) is 12.4. The Balaban J connectivity index is 2.95. The molecule has 0 atom stereocenters. The van der Waals surface area contributed by atoms with E-state index in [1.807, 2.05) is 0 Å². The molecule has 0 aromatic heterocycles. The molecule has 0 amide bonds. The number of halogens is 4. The number of carbonyl (C=O) groups excluding carboxylic acids is 1. The predicted octanol–water partition coefficient (Wildman–Crippen LogP) is 2.79. The Bertz CT molecular complexity index is 457. The lowest BCUT2D eigenvalue weighted by Crippen LogP contribution is -2.17. The van der Waals surface area contributed by atoms with Gasteiger partial charge in [-0.3, -0.25) is 4.79 Å². The van der Waals surface area contributed by atoms with Crippen molar-refractivity contribution in [3.05, 3.63) is 28.8 Å². The second kappa shape index (κ2) is 4.90. The summed E-state index contributed by atoms with van der Waals surface area (Å²) < 4.78 is 39.1. The summed E-state index contributed by atoms with van der Waals surface area (Å²) in [6, 6.07) is 3.28. The topological polar surface area (TPSA) is 26.3 Å². The smallest absolute Gasteiger partial charge is 0.406 e. The third-order valence-electron chi connectivity index (χ3n) is 1.44. The normalized spacial score (nSPS) is 10.2. The molecule has 0 spiro atoms. The zero-order chi connectivity index (χ0) is 12.2. The molecule has 0 saturated heterocycles. The van der Waals surface area contributed by atoms with Gasteiger partial charge in [-0.05, 0) is 18.1 Å². The molecule has 0 N–H and O–H groups in total. The summed E-state index contributed by atoms with van der Waals surface area (Å²) in [5.74, 6) is 4.02. The van der Waals surface area contributed by atoms with Crippen molar-refractivity contribution >= 4 is 17.9 Å². The minimum atomic E-state index is -4.76. The lowest BCUT2D eigenvalue weighted by atomic mass is 10.2. The molecule has 1 aromatic rings. The van der Waals surface area contributed by atoms with Crippen molar-refractivity contribution in [3.8, 4) is 17.6 Å². The van der Waals surface area contributed by atoms with Gasteiger partial charge in [0.05, 0.1) is 5.02 Å². The van der Waals surface area contributed by atoms with Crippen molar-refractivity contribution in [2.75, 3.05) is 0 Å². The van der Waals surface area contributed by atoms with E-state index < -0.39 is 12.1 Å². The number of benzene rings is 1. The van der Waals surface area contributed by atoms with E-state index in [-0.39, 0.29) is 10.6 Å². The molecular weight excluding hydrogens is 245 g/mol. The molecule has 16 heavy (non-hydrogen) atoms. The van der Waals surface area contributed by atoms with E-state index in [1.165, 1.54) is 6.07 Å². The maximum absolute atomic E-state index is 11.8. The predicted molar refractivity (Wildman–Crippen MR) is 51.1 cm³/mol. The van der Waals surface area contributed by atoms with Crippen LogP contribution in [0.1, 0.15) is 5.56 Å². The second-order valence-corrected chi connectivity index (χ2v) is 2.98. The molecule has 1 rings (SSSR count). The zero-order valence-electron chi connectivity index (χ0n) is 7.64. The Morgan fingerprint density at radius 1 is 1.38 bits per heavy atom. The van der Waals surface area contributed by atoms with Gasteiger partial charge in [-0.25, -0.2) is 0 Å². The summed E-state index contributed by atoms with van der Waals surface area (Å²) in [7, 11) is 0. The molecule has 0 aliphatic rings. The lowest BCUT2D eigenvalue weighted by Gasteiger charge is -2.09. The van der Waals surface area contributed by atoms with Crippen LogP contribution in [0.5, 0.6) is 5.75 Å². The lowest BCUT2D eigenvalue weighted by molar-refractivity contribution is -0.274. The van der Waals surface area contributed by atoms with Crippen LogP contribution < -0.4 is 4.74 Å². The molecule has 0 radical (unpaired) electrons. The first-order valence-corrected chi connectivity index (χ1v) is 4.30. The molecule has 0 aliphatic heterocycles. The van der Waals surface area contributed by atoms with Crippen LogP contribution >= 0.6 is 11.6 Å². The van der Waals surface area contributed by atoms with Crippen LogP contribution in [0.15, 0.2) is 18.2 Å². The van der Waals surface area contributed by atoms with Crippen LogP contribution in [0.3, 0.4) is 0 Å². The summed E-state index contributed by atoms with van der Waals surface area (Å²) in [5.41, 5.74) is 0.253. The van der Waals surface area contributed by atoms with Gasteiger partial charge in [0.2, 0.25) is 0 Å². The largest absolute Gasteiger partial charge is 0.573 e. The average molecular weight is 249 g/mol. The number of carbonyl (C=O) groups is 1. The number of alkyl halides is 3. The van der Waals surface area contributed by atoms with Crippen LogP contribution in [0.4, 0.5) is 13.2 Å². The van der Waals surface area contributed by atoms with Crippen molar-refractivity contribution < 1.29 is 22.7 Å². The van der Waals surface area contributed by atoms with Crippen molar-refractivity contribution in [2.24, 2.45) is 0 Å². The van der Waals surface area contributed by atoms with Crippen LogP contribution in [0, 0.1) is 11.8 Å². The Hall–Kier alpha value is -1.67. The van der Waals surface area contributed by atoms with E-state index in [4.69, 9.17) is 11.6 Å². The fourth-order valence-electron chi connectivity index (χ4n) is 0.902. The number of hydrogen-bond acceptors (Lipinski definition) is 2. The highest BCUT2D eigenvalue weighted by Crippen LogP contribution is 2.27. The third-order valence-corrected chi connectivity index (χ3v) is 1.75. The number of hydrogen-bond donors (Lipinski definition) is 0. The number of ether oxygens (including phenoxy) is 1. The number of rotatable bonds is 1. The van der Waals surface area contributed by atoms with Gasteiger partial charge in [-0.2, -0.15) is 0 Å². The van der Waals surface area contributed by atoms with Gasteiger partial charge >= 0.3 is 6.36 Å². The molecule has 0 unspecified atom stereocenters. The molecule has 0 aliphatic carbocycles. The maximum Gasteiger partial charge on any atom is 0.573 e. The van der Waals surface area contributed by atoms with Crippen LogP contribution in [0.25, 0.3) is 0 Å². The maximum atomic E-state index is 11.8. The molecule has 84 valence electrons. The Morgan fingerprint density at radius 2 is 2.06 bits per heavy atom. The zero-order valence-corrected chi connectivity index (χ0v) is 8.39. The average Bonchev–Trinajstić information content (AvgIpc) is 2.14. The van der Waals surface area contributed by atoms with Crippen LogP contribution in [-0.2, 0) is 4.79 Å². The SMILES string of the molecule is O=CC#Cc1ccc(OC(F)(F)F)cc1Cl. The molecule has 6 heteroatoms. The van der Waals surface area contributed by atoms with Gasteiger partial charge in [0.1, 0.15) is 5.75 Å². The summed E-state index contributed by atoms with van der Waals surface area (Å²) in [5, 5.41) is -0.0175. The monoisotopic (exact) mass is 248 g/mol. The van der Waals surface area contributed by atoms with Crippen LogP contribution in [-0.4, -0.2) is 12.6 Å². The van der Waals surface area contributed by atoms with Crippen LogP contribution in [0.2, 0.25) is 5.02 Å². The highest BCUT2D eigenvalue weighted by atomic mass is 35.5. The van der Waals surface area contributed by atoms with Crippen molar-refractivity contribution in [2.45, 2.75) is 6.36 Å². The highest BCUT2D eigenvalue weighted by molar-refractivity contribution is 6.31. The van der Waals surface area contributed by atoms with Gasteiger partial charge in [-0.1, -0.05) is 17.5 Å².